The van der Waals surface area contributed by atoms with Crippen LogP contribution in [0, 0.1) is 6.92 Å². The molecule has 0 atom stereocenters. The van der Waals surface area contributed by atoms with E-state index in [0.717, 1.165) is 28.3 Å². The van der Waals surface area contributed by atoms with Gasteiger partial charge in [-0.2, -0.15) is 22.7 Å². The molecule has 18 heteroatoms. The Morgan fingerprint density at radius 1 is 0.966 bits per heavy atom. The number of pyridine rings is 1. The Kier molecular flexibility index (Phi) is 11.5. The molecule has 0 unspecified atom stereocenters. The molecule has 2 aromatic carbocycles. The van der Waals surface area contributed by atoms with Crippen molar-refractivity contribution in [2.24, 2.45) is 0 Å². The number of amides is 2. The number of fused-ring (bicyclic) bond motifs is 1. The number of alkyl halides is 3. The van der Waals surface area contributed by atoms with Crippen molar-refractivity contribution in [2.45, 2.75) is 39.6 Å². The van der Waals surface area contributed by atoms with Gasteiger partial charge in [-0.1, -0.05) is 54.9 Å². The molecule has 0 saturated carbocycles. The van der Waals surface area contributed by atoms with Gasteiger partial charge in [0.05, 0.1) is 33.4 Å². The molecule has 1 saturated heterocycles. The molecule has 6 aromatic rings. The van der Waals surface area contributed by atoms with E-state index < -0.39 is 29.8 Å². The van der Waals surface area contributed by atoms with Crippen molar-refractivity contribution in [3.05, 3.63) is 134 Å². The largest absolute Gasteiger partial charge is 0.485 e. The summed E-state index contributed by atoms with van der Waals surface area (Å²) in [4.78, 5) is 62.7. The molecule has 4 aromatic heterocycles. The highest BCUT2D eigenvalue weighted by Gasteiger charge is 2.32. The van der Waals surface area contributed by atoms with E-state index in [1.54, 1.807) is 46.9 Å². The third-order valence-corrected chi connectivity index (χ3v) is 9.75. The minimum Gasteiger partial charge on any atom is -0.485 e. The monoisotopic (exact) mass is 812 g/mol. The number of rotatable bonds is 11. The molecule has 5 heterocycles. The second-order valence-electron chi connectivity index (χ2n) is 13.2. The van der Waals surface area contributed by atoms with Crippen molar-refractivity contribution < 1.29 is 27.5 Å². The van der Waals surface area contributed by atoms with E-state index in [9.17, 15) is 27.6 Å². The van der Waals surface area contributed by atoms with Gasteiger partial charge in [0.15, 0.2) is 17.3 Å². The van der Waals surface area contributed by atoms with Crippen molar-refractivity contribution in [3.8, 4) is 5.75 Å². The number of carbonyl (C=O) groups is 2. The minimum atomic E-state index is -4.62. The van der Waals surface area contributed by atoms with Crippen LogP contribution in [0.1, 0.15) is 51.4 Å². The summed E-state index contributed by atoms with van der Waals surface area (Å²) < 4.78 is 48.6. The first-order chi connectivity index (χ1) is 27.9. The summed E-state index contributed by atoms with van der Waals surface area (Å²) in [6.07, 6.45) is 1.87. The second-order valence-corrected chi connectivity index (χ2v) is 13.6. The second kappa shape index (κ2) is 16.9. The SMILES string of the molecule is CCc1c(N2CCN(C(=O)c3ncnc(C)c3OCc3ccccc3)CC2)c(=O)n2nc(/C=C/c3ccccn3)nc2n1CC(=O)Nc1ccc(C(F)(F)F)cc1Cl. The highest BCUT2D eigenvalue weighted by atomic mass is 35.5. The average Bonchev–Trinajstić information content (AvgIpc) is 3.66. The first-order valence-electron chi connectivity index (χ1n) is 18.2. The Bertz CT molecular complexity index is 2560. The normalized spacial score (nSPS) is 13.3. The summed E-state index contributed by atoms with van der Waals surface area (Å²) in [5.41, 5.74) is 1.43. The van der Waals surface area contributed by atoms with Gasteiger partial charge in [0, 0.05) is 32.4 Å². The highest BCUT2D eigenvalue weighted by molar-refractivity contribution is 6.33. The molecule has 1 aliphatic rings. The number of carbonyl (C=O) groups excluding carboxylic acids is 2. The Morgan fingerprint density at radius 2 is 1.72 bits per heavy atom. The minimum absolute atomic E-state index is 0.0243. The van der Waals surface area contributed by atoms with E-state index in [0.29, 0.717) is 17.1 Å². The van der Waals surface area contributed by atoms with Gasteiger partial charge in [0.1, 0.15) is 25.2 Å². The van der Waals surface area contributed by atoms with E-state index in [1.807, 2.05) is 48.2 Å². The number of aromatic nitrogens is 7. The lowest BCUT2D eigenvalue weighted by molar-refractivity contribution is -0.137. The number of benzene rings is 2. The maximum absolute atomic E-state index is 14.3. The zero-order chi connectivity index (χ0) is 41.0. The van der Waals surface area contributed by atoms with Crippen LogP contribution in [0.4, 0.5) is 24.5 Å². The maximum Gasteiger partial charge on any atom is 0.416 e. The van der Waals surface area contributed by atoms with Crippen molar-refractivity contribution in [2.75, 3.05) is 36.4 Å². The molecule has 1 N–H and O–H groups in total. The fraction of sp³-hybridized carbons (Fsp3) is 0.250. The standard InChI is InChI=1S/C40H36ClF3N10O4/c1-3-31-35(51-17-19-52(20-18-51)37(56)34-36(25(2)46-24-47-34)58-23-26-9-5-4-6-10-26)38(57)54-39(49-32(50-54)15-13-28-11-7-8-16-45-28)53(31)22-33(55)48-30-14-12-27(21-29(30)41)40(42,43)44/h4-16,21,24H,3,17-20,22-23H2,1-2H3,(H,48,55)/b15-13+. The Morgan fingerprint density at radius 3 is 2.41 bits per heavy atom. The quantitative estimate of drug-likeness (QED) is 0.166. The van der Waals surface area contributed by atoms with Gasteiger partial charge in [-0.15, -0.1) is 5.10 Å². The highest BCUT2D eigenvalue weighted by Crippen LogP contribution is 2.34. The number of ether oxygens (including phenoxy) is 1. The van der Waals surface area contributed by atoms with E-state index in [-0.39, 0.29) is 84.6 Å². The van der Waals surface area contributed by atoms with Crippen LogP contribution in [0.5, 0.6) is 5.75 Å². The Labute approximate surface area is 334 Å². The first-order valence-corrected chi connectivity index (χ1v) is 18.6. The van der Waals surface area contributed by atoms with Crippen LogP contribution in [-0.4, -0.2) is 77.0 Å². The van der Waals surface area contributed by atoms with Gasteiger partial charge < -0.3 is 24.4 Å². The van der Waals surface area contributed by atoms with Crippen LogP contribution in [0.25, 0.3) is 17.9 Å². The van der Waals surface area contributed by atoms with E-state index >= 15 is 0 Å². The fourth-order valence-corrected chi connectivity index (χ4v) is 6.80. The molecule has 1 aliphatic heterocycles. The van der Waals surface area contributed by atoms with Crippen molar-refractivity contribution >= 4 is 52.7 Å². The van der Waals surface area contributed by atoms with Crippen LogP contribution in [0.15, 0.2) is 84.0 Å². The van der Waals surface area contributed by atoms with E-state index in [2.05, 4.69) is 30.4 Å². The van der Waals surface area contributed by atoms with Crippen molar-refractivity contribution in [3.63, 3.8) is 0 Å². The molecule has 298 valence electrons. The van der Waals surface area contributed by atoms with E-state index in [1.165, 1.54) is 6.33 Å². The molecule has 0 radical (unpaired) electrons. The number of nitrogens with zero attached hydrogens (tertiary/aromatic N) is 9. The fourth-order valence-electron chi connectivity index (χ4n) is 6.58. The van der Waals surface area contributed by atoms with Gasteiger partial charge in [-0.25, -0.2) is 9.97 Å². The summed E-state index contributed by atoms with van der Waals surface area (Å²) in [7, 11) is 0. The van der Waals surface area contributed by atoms with Gasteiger partial charge in [0.2, 0.25) is 11.7 Å². The number of anilines is 2. The Hall–Kier alpha value is -6.62. The molecular weight excluding hydrogens is 777 g/mol. The van der Waals surface area contributed by atoms with Crippen molar-refractivity contribution in [1.82, 2.24) is 39.0 Å². The summed E-state index contributed by atoms with van der Waals surface area (Å²) in [6, 6.07) is 17.5. The molecule has 58 heavy (non-hydrogen) atoms. The summed E-state index contributed by atoms with van der Waals surface area (Å²) in [5, 5.41) is 6.76. The van der Waals surface area contributed by atoms with Gasteiger partial charge in [-0.05, 0) is 61.4 Å². The molecule has 0 spiro atoms. The number of nitrogens with one attached hydrogen (secondary N) is 1. The number of aryl methyl sites for hydroxylation is 1. The average molecular weight is 813 g/mol. The third-order valence-electron chi connectivity index (χ3n) is 9.43. The summed E-state index contributed by atoms with van der Waals surface area (Å²) in [6.45, 7) is 4.34. The molecular formula is C40H36ClF3N10O4. The smallest absolute Gasteiger partial charge is 0.416 e. The van der Waals surface area contributed by atoms with Gasteiger partial charge in [0.25, 0.3) is 11.5 Å². The molecule has 2 amide bonds. The molecule has 0 aliphatic carbocycles. The number of hydrogen-bond acceptors (Lipinski definition) is 10. The molecule has 7 rings (SSSR count). The van der Waals surface area contributed by atoms with E-state index in [4.69, 9.17) is 16.3 Å². The third kappa shape index (κ3) is 8.53. The predicted octanol–water partition coefficient (Wildman–Crippen LogP) is 5.97. The van der Waals surface area contributed by atoms with Crippen LogP contribution < -0.4 is 20.5 Å². The zero-order valence-corrected chi connectivity index (χ0v) is 32.0. The number of piperazine rings is 1. The van der Waals surface area contributed by atoms with Crippen molar-refractivity contribution in [1.29, 1.82) is 0 Å². The molecule has 14 nitrogen and oxygen atoms in total. The zero-order valence-electron chi connectivity index (χ0n) is 31.3. The van der Waals surface area contributed by atoms with Crippen LogP contribution in [0.3, 0.4) is 0 Å². The maximum atomic E-state index is 14.3. The van der Waals surface area contributed by atoms with Crippen LogP contribution >= 0.6 is 11.6 Å². The summed E-state index contributed by atoms with van der Waals surface area (Å²) >= 11 is 6.15. The first kappa shape index (κ1) is 39.6. The topological polar surface area (TPSA) is 153 Å². The number of hydrogen-bond donors (Lipinski definition) is 1. The van der Waals surface area contributed by atoms with Gasteiger partial charge >= 0.3 is 6.18 Å². The lowest BCUT2D eigenvalue weighted by Gasteiger charge is -2.36. The molecule has 1 fully saturated rings. The number of halogens is 4. The van der Waals surface area contributed by atoms with Crippen LogP contribution in [0.2, 0.25) is 5.02 Å². The Balaban J connectivity index is 1.18. The molecule has 0 bridgehead atoms. The van der Waals surface area contributed by atoms with Crippen LogP contribution in [-0.2, 0) is 30.5 Å². The lowest BCUT2D eigenvalue weighted by Crippen LogP contribution is -2.51. The predicted molar refractivity (Wildman–Crippen MR) is 211 cm³/mol. The summed E-state index contributed by atoms with van der Waals surface area (Å²) in [5.74, 6) is -0.465. The lowest BCUT2D eigenvalue weighted by atomic mass is 10.2. The van der Waals surface area contributed by atoms with Gasteiger partial charge in [-0.3, -0.25) is 19.4 Å².